The number of amides is 1. The SMILES string of the molecule is Cc1ccc(-c2c(C)sc3nc(CN(C)Cc4ccc(C(=O)NC5CC5)cc4)[nH]c(=O)c23)cc1. The van der Waals surface area contributed by atoms with E-state index in [4.69, 9.17) is 4.98 Å². The van der Waals surface area contributed by atoms with Crippen molar-refractivity contribution in [2.75, 3.05) is 7.05 Å². The summed E-state index contributed by atoms with van der Waals surface area (Å²) < 4.78 is 0. The average Bonchev–Trinajstić information content (AvgIpc) is 3.54. The molecule has 2 aromatic carbocycles. The van der Waals surface area contributed by atoms with Gasteiger partial charge in [-0.3, -0.25) is 14.5 Å². The first-order valence-corrected chi connectivity index (χ1v) is 12.4. The van der Waals surface area contributed by atoms with Gasteiger partial charge in [0.15, 0.2) is 0 Å². The van der Waals surface area contributed by atoms with Crippen molar-refractivity contribution in [3.8, 4) is 11.1 Å². The Morgan fingerprint density at radius 1 is 1.09 bits per heavy atom. The number of nitrogens with zero attached hydrogens (tertiary/aromatic N) is 2. The monoisotopic (exact) mass is 472 g/mol. The zero-order chi connectivity index (χ0) is 23.8. The molecule has 7 heteroatoms. The predicted octanol–water partition coefficient (Wildman–Crippen LogP) is 4.79. The molecule has 4 aromatic rings. The molecule has 0 atom stereocenters. The number of rotatable bonds is 7. The van der Waals surface area contributed by atoms with Crippen LogP contribution in [0.15, 0.2) is 53.3 Å². The summed E-state index contributed by atoms with van der Waals surface area (Å²) in [6.07, 6.45) is 2.16. The van der Waals surface area contributed by atoms with E-state index in [2.05, 4.69) is 46.4 Å². The summed E-state index contributed by atoms with van der Waals surface area (Å²) in [5.41, 5.74) is 4.89. The third kappa shape index (κ3) is 4.81. The second-order valence-electron chi connectivity index (χ2n) is 9.21. The number of aryl methyl sites for hydroxylation is 2. The molecule has 0 bridgehead atoms. The van der Waals surface area contributed by atoms with E-state index in [9.17, 15) is 9.59 Å². The Bertz CT molecular complexity index is 1400. The Morgan fingerprint density at radius 3 is 2.47 bits per heavy atom. The summed E-state index contributed by atoms with van der Waals surface area (Å²) in [7, 11) is 2.00. The first kappa shape index (κ1) is 22.5. The summed E-state index contributed by atoms with van der Waals surface area (Å²) in [6, 6.07) is 16.3. The van der Waals surface area contributed by atoms with Crippen molar-refractivity contribution in [1.82, 2.24) is 20.2 Å². The molecule has 0 radical (unpaired) electrons. The fourth-order valence-electron chi connectivity index (χ4n) is 4.19. The summed E-state index contributed by atoms with van der Waals surface area (Å²) >= 11 is 1.56. The third-order valence-electron chi connectivity index (χ3n) is 6.13. The smallest absolute Gasteiger partial charge is 0.260 e. The fourth-order valence-corrected chi connectivity index (χ4v) is 5.25. The van der Waals surface area contributed by atoms with Crippen LogP contribution in [0.5, 0.6) is 0 Å². The van der Waals surface area contributed by atoms with Crippen LogP contribution in [-0.2, 0) is 13.1 Å². The van der Waals surface area contributed by atoms with Crippen molar-refractivity contribution < 1.29 is 4.79 Å². The van der Waals surface area contributed by atoms with Gasteiger partial charge in [0.2, 0.25) is 0 Å². The van der Waals surface area contributed by atoms with Crippen LogP contribution >= 0.6 is 11.3 Å². The molecule has 34 heavy (non-hydrogen) atoms. The molecule has 0 saturated heterocycles. The molecule has 0 aliphatic heterocycles. The highest BCUT2D eigenvalue weighted by molar-refractivity contribution is 7.19. The summed E-state index contributed by atoms with van der Waals surface area (Å²) in [5, 5.41) is 3.68. The van der Waals surface area contributed by atoms with Gasteiger partial charge in [-0.2, -0.15) is 0 Å². The highest BCUT2D eigenvalue weighted by Gasteiger charge is 2.23. The molecule has 2 heterocycles. The van der Waals surface area contributed by atoms with Crippen molar-refractivity contribution in [3.63, 3.8) is 0 Å². The molecule has 1 saturated carbocycles. The van der Waals surface area contributed by atoms with E-state index in [1.165, 1.54) is 5.56 Å². The largest absolute Gasteiger partial charge is 0.349 e. The number of thiophene rings is 1. The van der Waals surface area contributed by atoms with Gasteiger partial charge in [0.05, 0.1) is 11.9 Å². The van der Waals surface area contributed by atoms with E-state index in [1.807, 2.05) is 38.2 Å². The number of hydrogen-bond donors (Lipinski definition) is 2. The Balaban J connectivity index is 1.31. The minimum Gasteiger partial charge on any atom is -0.349 e. The number of aromatic amines is 1. The van der Waals surface area contributed by atoms with Gasteiger partial charge >= 0.3 is 0 Å². The number of carbonyl (C=O) groups is 1. The molecule has 1 amide bonds. The van der Waals surface area contributed by atoms with Gasteiger partial charge in [0.1, 0.15) is 10.7 Å². The number of carbonyl (C=O) groups excluding carboxylic acids is 1. The first-order chi connectivity index (χ1) is 16.4. The Labute approximate surface area is 202 Å². The van der Waals surface area contributed by atoms with Crippen LogP contribution in [0.2, 0.25) is 0 Å². The van der Waals surface area contributed by atoms with Crippen LogP contribution in [-0.4, -0.2) is 33.9 Å². The van der Waals surface area contributed by atoms with Crippen LogP contribution in [0.4, 0.5) is 0 Å². The maximum atomic E-state index is 13.1. The van der Waals surface area contributed by atoms with Gasteiger partial charge in [0.25, 0.3) is 11.5 Å². The molecule has 1 aliphatic carbocycles. The van der Waals surface area contributed by atoms with Crippen molar-refractivity contribution in [2.45, 2.75) is 45.8 Å². The summed E-state index contributed by atoms with van der Waals surface area (Å²) in [5.74, 6) is 0.644. The number of H-pyrrole nitrogens is 1. The van der Waals surface area contributed by atoms with Crippen LogP contribution in [0.25, 0.3) is 21.3 Å². The van der Waals surface area contributed by atoms with E-state index in [0.29, 0.717) is 35.9 Å². The van der Waals surface area contributed by atoms with Gasteiger partial charge in [0, 0.05) is 28.6 Å². The van der Waals surface area contributed by atoms with Crippen molar-refractivity contribution >= 4 is 27.5 Å². The summed E-state index contributed by atoms with van der Waals surface area (Å²) in [4.78, 5) is 37.0. The fraction of sp³-hybridized carbons (Fsp3) is 0.296. The summed E-state index contributed by atoms with van der Waals surface area (Å²) in [6.45, 7) is 5.30. The molecular formula is C27H28N4O2S. The van der Waals surface area contributed by atoms with Gasteiger partial charge in [-0.15, -0.1) is 11.3 Å². The minimum absolute atomic E-state index is 0.00581. The van der Waals surface area contributed by atoms with Crippen LogP contribution in [0, 0.1) is 13.8 Å². The van der Waals surface area contributed by atoms with Crippen molar-refractivity contribution in [1.29, 1.82) is 0 Å². The third-order valence-corrected chi connectivity index (χ3v) is 7.13. The zero-order valence-electron chi connectivity index (χ0n) is 19.6. The van der Waals surface area contributed by atoms with Gasteiger partial charge < -0.3 is 10.3 Å². The van der Waals surface area contributed by atoms with Crippen LogP contribution < -0.4 is 10.9 Å². The number of aromatic nitrogens is 2. The highest BCUT2D eigenvalue weighted by atomic mass is 32.1. The topological polar surface area (TPSA) is 78.1 Å². The number of benzene rings is 2. The van der Waals surface area contributed by atoms with E-state index in [1.54, 1.807) is 11.3 Å². The maximum absolute atomic E-state index is 13.1. The minimum atomic E-state index is -0.0978. The molecule has 1 aliphatic rings. The van der Waals surface area contributed by atoms with Crippen molar-refractivity contribution in [2.24, 2.45) is 0 Å². The lowest BCUT2D eigenvalue weighted by Gasteiger charge is -2.16. The van der Waals surface area contributed by atoms with Gasteiger partial charge in [-0.25, -0.2) is 4.98 Å². The number of hydrogen-bond acceptors (Lipinski definition) is 5. The molecule has 0 spiro atoms. The highest BCUT2D eigenvalue weighted by Crippen LogP contribution is 2.35. The molecule has 6 nitrogen and oxygen atoms in total. The molecule has 0 unspecified atom stereocenters. The van der Waals surface area contributed by atoms with E-state index < -0.39 is 0 Å². The number of fused-ring (bicyclic) bond motifs is 1. The normalized spacial score (nSPS) is 13.5. The first-order valence-electron chi connectivity index (χ1n) is 11.5. The molecule has 2 aromatic heterocycles. The maximum Gasteiger partial charge on any atom is 0.260 e. The lowest BCUT2D eigenvalue weighted by Crippen LogP contribution is -2.25. The Hall–Kier alpha value is -3.29. The van der Waals surface area contributed by atoms with Crippen molar-refractivity contribution in [3.05, 3.63) is 86.3 Å². The molecule has 174 valence electrons. The van der Waals surface area contributed by atoms with Crippen LogP contribution in [0.1, 0.15) is 45.0 Å². The van der Waals surface area contributed by atoms with E-state index in [-0.39, 0.29) is 11.5 Å². The van der Waals surface area contributed by atoms with Gasteiger partial charge in [-0.05, 0) is 57.0 Å². The Kier molecular flexibility index (Phi) is 6.06. The molecule has 1 fully saturated rings. The molecule has 2 N–H and O–H groups in total. The average molecular weight is 473 g/mol. The number of nitrogens with one attached hydrogen (secondary N) is 2. The van der Waals surface area contributed by atoms with Crippen LogP contribution in [0.3, 0.4) is 0 Å². The lowest BCUT2D eigenvalue weighted by atomic mass is 10.0. The van der Waals surface area contributed by atoms with E-state index in [0.717, 1.165) is 39.2 Å². The standard InChI is InChI=1S/C27H28N4O2S/c1-16-4-8-19(9-5-16)23-17(2)34-27-24(23)26(33)29-22(30-27)15-31(3)14-18-6-10-20(11-7-18)25(32)28-21-12-13-21/h4-11,21H,12-15H2,1-3H3,(H,28,32)(H,29,30,33). The molecular weight excluding hydrogens is 444 g/mol. The lowest BCUT2D eigenvalue weighted by molar-refractivity contribution is 0.0951. The second-order valence-corrected chi connectivity index (χ2v) is 10.4. The van der Waals surface area contributed by atoms with E-state index >= 15 is 0 Å². The Morgan fingerprint density at radius 2 is 1.79 bits per heavy atom. The quantitative estimate of drug-likeness (QED) is 0.405. The zero-order valence-corrected chi connectivity index (χ0v) is 20.5. The second kappa shape index (κ2) is 9.16. The molecule has 5 rings (SSSR count). The predicted molar refractivity (Wildman–Crippen MR) is 137 cm³/mol. The van der Waals surface area contributed by atoms with Gasteiger partial charge in [-0.1, -0.05) is 42.0 Å².